The summed E-state index contributed by atoms with van der Waals surface area (Å²) in [4.78, 5) is 23.7. The number of hydrogen-bond acceptors (Lipinski definition) is 4. The number of carbonyl (C=O) groups is 2. The van der Waals surface area contributed by atoms with E-state index < -0.39 is 12.0 Å². The summed E-state index contributed by atoms with van der Waals surface area (Å²) in [5, 5.41) is 11.5. The Morgan fingerprint density at radius 2 is 2.33 bits per heavy atom. The van der Waals surface area contributed by atoms with Gasteiger partial charge in [-0.2, -0.15) is 0 Å². The molecule has 0 aromatic heterocycles. The summed E-state index contributed by atoms with van der Waals surface area (Å²) in [6.07, 6.45) is 0.699. The van der Waals surface area contributed by atoms with E-state index in [1.165, 1.54) is 16.7 Å². The number of carboxylic acid groups (broad SMARTS) is 1. The van der Waals surface area contributed by atoms with Crippen LogP contribution in [0.15, 0.2) is 0 Å². The lowest BCUT2D eigenvalue weighted by Crippen LogP contribution is -2.47. The number of thioether (sulfide) groups is 1. The molecule has 0 saturated carbocycles. The topological polar surface area (TPSA) is 95.7 Å². The van der Waals surface area contributed by atoms with Crippen LogP contribution in [0, 0.1) is 0 Å². The van der Waals surface area contributed by atoms with Gasteiger partial charge in [-0.25, -0.2) is 9.59 Å². The van der Waals surface area contributed by atoms with Crippen molar-refractivity contribution in [2.45, 2.75) is 12.5 Å². The molecule has 0 bridgehead atoms. The highest BCUT2D eigenvalue weighted by Gasteiger charge is 2.34. The Labute approximate surface area is 92.2 Å². The van der Waals surface area contributed by atoms with Crippen LogP contribution in [0.4, 0.5) is 4.79 Å². The standard InChI is InChI=1S/C8H15N3O3S/c9-2-1-3-10-8(14)11-5-15-4-6(11)7(12)13/h6H,1-5,9H2,(H,10,14)(H,12,13)/t6-/m0/s1. The second kappa shape index (κ2) is 5.82. The molecule has 6 nitrogen and oxygen atoms in total. The Morgan fingerprint density at radius 3 is 2.93 bits per heavy atom. The fourth-order valence-electron chi connectivity index (χ4n) is 1.25. The number of aliphatic carboxylic acids is 1. The highest BCUT2D eigenvalue weighted by Crippen LogP contribution is 2.20. The van der Waals surface area contributed by atoms with Crippen LogP contribution in [0.5, 0.6) is 0 Å². The van der Waals surface area contributed by atoms with E-state index >= 15 is 0 Å². The third-order valence-electron chi connectivity index (χ3n) is 2.09. The summed E-state index contributed by atoms with van der Waals surface area (Å²) < 4.78 is 0. The lowest BCUT2D eigenvalue weighted by Gasteiger charge is -2.20. The van der Waals surface area contributed by atoms with Gasteiger partial charge in [0.25, 0.3) is 0 Å². The van der Waals surface area contributed by atoms with Gasteiger partial charge in [0.15, 0.2) is 0 Å². The van der Waals surface area contributed by atoms with Crippen LogP contribution < -0.4 is 11.1 Å². The number of urea groups is 1. The summed E-state index contributed by atoms with van der Waals surface area (Å²) in [5.74, 6) is -0.0561. The molecule has 0 aromatic rings. The largest absolute Gasteiger partial charge is 0.480 e. The minimum absolute atomic E-state index is 0.319. The van der Waals surface area contributed by atoms with Crippen LogP contribution in [0.2, 0.25) is 0 Å². The van der Waals surface area contributed by atoms with Gasteiger partial charge in [0.05, 0.1) is 5.88 Å². The maximum atomic E-state index is 11.5. The average Bonchev–Trinajstić information content (AvgIpc) is 2.66. The SMILES string of the molecule is NCCCNC(=O)N1CSC[C@H]1C(=O)O. The molecule has 1 aliphatic heterocycles. The number of carbonyl (C=O) groups excluding carboxylic acids is 1. The molecular formula is C8H15N3O3S. The summed E-state index contributed by atoms with van der Waals surface area (Å²) in [6.45, 7) is 1.00. The van der Waals surface area contributed by atoms with Crippen molar-refractivity contribution in [3.63, 3.8) is 0 Å². The van der Waals surface area contributed by atoms with Crippen molar-refractivity contribution in [2.75, 3.05) is 24.7 Å². The molecule has 0 aromatic carbocycles. The highest BCUT2D eigenvalue weighted by atomic mass is 32.2. The first-order valence-electron chi connectivity index (χ1n) is 4.72. The third-order valence-corrected chi connectivity index (χ3v) is 3.10. The first-order chi connectivity index (χ1) is 7.16. The molecule has 1 saturated heterocycles. The van der Waals surface area contributed by atoms with Crippen molar-refractivity contribution in [2.24, 2.45) is 5.73 Å². The lowest BCUT2D eigenvalue weighted by atomic mass is 10.3. The molecule has 1 atom stereocenters. The number of rotatable bonds is 4. The molecule has 1 heterocycles. The molecule has 0 spiro atoms. The Morgan fingerprint density at radius 1 is 1.60 bits per heavy atom. The van der Waals surface area contributed by atoms with E-state index in [2.05, 4.69) is 5.32 Å². The maximum Gasteiger partial charge on any atom is 0.327 e. The number of carboxylic acids is 1. The first kappa shape index (κ1) is 12.1. The molecule has 15 heavy (non-hydrogen) atoms. The normalized spacial score (nSPS) is 20.3. The van der Waals surface area contributed by atoms with Gasteiger partial charge in [0.2, 0.25) is 0 Å². The second-order valence-electron chi connectivity index (χ2n) is 3.20. The zero-order valence-electron chi connectivity index (χ0n) is 8.31. The lowest BCUT2D eigenvalue weighted by molar-refractivity contribution is -0.140. The fraction of sp³-hybridized carbons (Fsp3) is 0.750. The number of nitrogens with zero attached hydrogens (tertiary/aromatic N) is 1. The van der Waals surface area contributed by atoms with Crippen molar-refractivity contribution in [1.82, 2.24) is 10.2 Å². The van der Waals surface area contributed by atoms with E-state index in [0.29, 0.717) is 31.1 Å². The first-order valence-corrected chi connectivity index (χ1v) is 5.87. The molecule has 4 N–H and O–H groups in total. The van der Waals surface area contributed by atoms with Crippen molar-refractivity contribution in [3.8, 4) is 0 Å². The molecule has 1 rings (SSSR count). The third kappa shape index (κ3) is 3.28. The quantitative estimate of drug-likeness (QED) is 0.569. The van der Waals surface area contributed by atoms with Gasteiger partial charge in [-0.05, 0) is 13.0 Å². The Kier molecular flexibility index (Phi) is 4.70. The van der Waals surface area contributed by atoms with E-state index in [0.717, 1.165) is 0 Å². The van der Waals surface area contributed by atoms with Gasteiger partial charge in [-0.15, -0.1) is 11.8 Å². The van der Waals surface area contributed by atoms with Gasteiger partial charge in [0.1, 0.15) is 6.04 Å². The molecule has 0 aliphatic carbocycles. The van der Waals surface area contributed by atoms with E-state index in [-0.39, 0.29) is 6.03 Å². The molecule has 1 fully saturated rings. The molecule has 0 radical (unpaired) electrons. The second-order valence-corrected chi connectivity index (χ2v) is 4.20. The Bertz CT molecular complexity index is 249. The monoisotopic (exact) mass is 233 g/mol. The highest BCUT2D eigenvalue weighted by molar-refractivity contribution is 7.99. The average molecular weight is 233 g/mol. The van der Waals surface area contributed by atoms with E-state index in [4.69, 9.17) is 10.8 Å². The predicted molar refractivity (Wildman–Crippen MR) is 57.7 cm³/mol. The number of nitrogens with one attached hydrogen (secondary N) is 1. The van der Waals surface area contributed by atoms with Gasteiger partial charge in [0, 0.05) is 12.3 Å². The van der Waals surface area contributed by atoms with Crippen molar-refractivity contribution >= 4 is 23.8 Å². The summed E-state index contributed by atoms with van der Waals surface area (Å²) in [7, 11) is 0. The van der Waals surface area contributed by atoms with E-state index in [1.807, 2.05) is 0 Å². The molecule has 2 amide bonds. The van der Waals surface area contributed by atoms with Crippen molar-refractivity contribution < 1.29 is 14.7 Å². The molecule has 0 unspecified atom stereocenters. The van der Waals surface area contributed by atoms with Crippen molar-refractivity contribution in [3.05, 3.63) is 0 Å². The Balaban J connectivity index is 2.40. The van der Waals surface area contributed by atoms with Crippen molar-refractivity contribution in [1.29, 1.82) is 0 Å². The summed E-state index contributed by atoms with van der Waals surface area (Å²) >= 11 is 1.45. The minimum atomic E-state index is -0.950. The number of amides is 2. The van der Waals surface area contributed by atoms with Crippen LogP contribution in [-0.4, -0.2) is 52.8 Å². The number of nitrogens with two attached hydrogens (primary N) is 1. The van der Waals surface area contributed by atoms with Crippen LogP contribution in [0.1, 0.15) is 6.42 Å². The zero-order chi connectivity index (χ0) is 11.3. The number of hydrogen-bond donors (Lipinski definition) is 3. The van der Waals surface area contributed by atoms with E-state index in [1.54, 1.807) is 0 Å². The minimum Gasteiger partial charge on any atom is -0.480 e. The van der Waals surface area contributed by atoms with Crippen LogP contribution in [0.25, 0.3) is 0 Å². The van der Waals surface area contributed by atoms with Crippen LogP contribution in [-0.2, 0) is 4.79 Å². The molecule has 1 aliphatic rings. The predicted octanol–water partition coefficient (Wildman–Crippen LogP) is -0.496. The summed E-state index contributed by atoms with van der Waals surface area (Å²) in [6, 6.07) is -1.02. The zero-order valence-corrected chi connectivity index (χ0v) is 9.13. The summed E-state index contributed by atoms with van der Waals surface area (Å²) in [5.41, 5.74) is 5.28. The van der Waals surface area contributed by atoms with Gasteiger partial charge >= 0.3 is 12.0 Å². The Hall–Kier alpha value is -0.950. The fourth-order valence-corrected chi connectivity index (χ4v) is 2.39. The van der Waals surface area contributed by atoms with Crippen LogP contribution >= 0.6 is 11.8 Å². The molecule has 7 heteroatoms. The van der Waals surface area contributed by atoms with Gasteiger partial charge in [-0.1, -0.05) is 0 Å². The smallest absolute Gasteiger partial charge is 0.327 e. The van der Waals surface area contributed by atoms with Crippen LogP contribution in [0.3, 0.4) is 0 Å². The van der Waals surface area contributed by atoms with Gasteiger partial charge < -0.3 is 21.1 Å². The molecule has 86 valence electrons. The van der Waals surface area contributed by atoms with E-state index in [9.17, 15) is 9.59 Å². The maximum absolute atomic E-state index is 11.5. The van der Waals surface area contributed by atoms with Gasteiger partial charge in [-0.3, -0.25) is 0 Å². The molecular weight excluding hydrogens is 218 g/mol.